The molecule has 1 saturated carbocycles. The molecule has 228 valence electrons. The third kappa shape index (κ3) is 6.16. The largest absolute Gasteiger partial charge is 0.490 e. The molecule has 0 aromatic heterocycles. The number of ether oxygens (including phenoxy) is 1. The van der Waals surface area contributed by atoms with Crippen LogP contribution in [0, 0.1) is 5.92 Å². The quantitative estimate of drug-likeness (QED) is 0.274. The molecule has 9 heteroatoms. The van der Waals surface area contributed by atoms with Gasteiger partial charge in [0, 0.05) is 22.1 Å². The second-order valence-corrected chi connectivity index (χ2v) is 13.4. The Balaban J connectivity index is 1.24. The van der Waals surface area contributed by atoms with Crippen molar-refractivity contribution in [3.05, 3.63) is 76.3 Å². The summed E-state index contributed by atoms with van der Waals surface area (Å²) in [5.74, 6) is -4.39. The van der Waals surface area contributed by atoms with Crippen LogP contribution in [0.15, 0.2) is 65.1 Å². The summed E-state index contributed by atoms with van der Waals surface area (Å²) in [6.07, 6.45) is 5.92. The number of benzene rings is 3. The fourth-order valence-corrected chi connectivity index (χ4v) is 7.43. The summed E-state index contributed by atoms with van der Waals surface area (Å²) in [7, 11) is 0. The van der Waals surface area contributed by atoms with Crippen molar-refractivity contribution in [3.63, 3.8) is 0 Å². The second-order valence-electron chi connectivity index (χ2n) is 12.5. The average Bonchev–Trinajstić information content (AvgIpc) is 3.60. The van der Waals surface area contributed by atoms with E-state index >= 15 is 8.78 Å². The van der Waals surface area contributed by atoms with Gasteiger partial charge in [0.1, 0.15) is 5.75 Å². The monoisotopic (exact) mass is 654 g/mol. The lowest BCUT2D eigenvalue weighted by Crippen LogP contribution is -2.60. The van der Waals surface area contributed by atoms with Gasteiger partial charge in [0.15, 0.2) is 12.1 Å². The van der Waals surface area contributed by atoms with E-state index in [1.807, 2.05) is 18.2 Å². The van der Waals surface area contributed by atoms with Crippen LogP contribution in [0.3, 0.4) is 0 Å². The van der Waals surface area contributed by atoms with E-state index in [0.717, 1.165) is 55.0 Å². The van der Waals surface area contributed by atoms with Crippen molar-refractivity contribution in [1.29, 1.82) is 0 Å². The molecule has 6 rings (SSSR count). The first-order valence-electron chi connectivity index (χ1n) is 15.2. The Kier molecular flexibility index (Phi) is 8.48. The number of aliphatic hydroxyl groups is 1. The number of carbonyl (C=O) groups excluding carboxylic acids is 2. The summed E-state index contributed by atoms with van der Waals surface area (Å²) in [5.41, 5.74) is -0.137. The topological polar surface area (TPSA) is 78.9 Å². The molecule has 0 spiro atoms. The van der Waals surface area contributed by atoms with Crippen LogP contribution >= 0.6 is 15.9 Å². The smallest absolute Gasteiger partial charge is 0.302 e. The van der Waals surface area contributed by atoms with Crippen molar-refractivity contribution >= 4 is 38.5 Å². The lowest BCUT2D eigenvalue weighted by molar-refractivity contribution is -0.155. The Labute approximate surface area is 258 Å². The minimum absolute atomic E-state index is 0.130. The molecule has 4 unspecified atom stereocenters. The number of amides is 2. The maximum Gasteiger partial charge on any atom is 0.302 e. The fraction of sp³-hybridized carbons (Fsp3) is 0.471. The number of nitrogens with zero attached hydrogens (tertiary/aromatic N) is 1. The number of carbonyl (C=O) groups is 2. The Bertz CT molecular complexity index is 1480. The maximum absolute atomic E-state index is 16.2. The maximum atomic E-state index is 16.2. The highest BCUT2D eigenvalue weighted by atomic mass is 79.9. The highest BCUT2D eigenvalue weighted by Crippen LogP contribution is 2.42. The summed E-state index contributed by atoms with van der Waals surface area (Å²) in [6.45, 7) is 2.12. The Morgan fingerprint density at radius 3 is 2.26 bits per heavy atom. The summed E-state index contributed by atoms with van der Waals surface area (Å²) >= 11 is 3.27. The van der Waals surface area contributed by atoms with Gasteiger partial charge in [0.2, 0.25) is 0 Å². The molecular weight excluding hydrogens is 618 g/mol. The summed E-state index contributed by atoms with van der Waals surface area (Å²) in [6, 6.07) is 13.7. The van der Waals surface area contributed by atoms with Crippen molar-refractivity contribution < 1.29 is 28.2 Å². The number of rotatable bonds is 8. The molecule has 4 atom stereocenters. The van der Waals surface area contributed by atoms with E-state index in [1.165, 1.54) is 37.1 Å². The number of nitrogens with one attached hydrogen (secondary N) is 1. The zero-order valence-corrected chi connectivity index (χ0v) is 25.7. The van der Waals surface area contributed by atoms with Gasteiger partial charge in [-0.25, -0.2) is 0 Å². The van der Waals surface area contributed by atoms with Crippen LogP contribution in [0.1, 0.15) is 75.5 Å². The summed E-state index contributed by atoms with van der Waals surface area (Å²) in [4.78, 5) is 28.9. The molecule has 2 amide bonds. The zero-order chi connectivity index (χ0) is 30.3. The van der Waals surface area contributed by atoms with E-state index < -0.39 is 29.9 Å². The zero-order valence-electron chi connectivity index (χ0n) is 24.1. The van der Waals surface area contributed by atoms with Crippen LogP contribution in [-0.4, -0.2) is 46.1 Å². The fourth-order valence-electron chi connectivity index (χ4n) is 7.16. The van der Waals surface area contributed by atoms with Gasteiger partial charge in [0.25, 0.3) is 11.8 Å². The predicted octanol–water partition coefficient (Wildman–Crippen LogP) is 7.02. The number of fused-ring (bicyclic) bond motifs is 3. The van der Waals surface area contributed by atoms with Crippen LogP contribution in [0.2, 0.25) is 0 Å². The number of hydrogen-bond acceptors (Lipinski definition) is 4. The predicted molar refractivity (Wildman–Crippen MR) is 164 cm³/mol. The molecular formula is C34H37BrF2N2O4. The second kappa shape index (κ2) is 12.2. The Hall–Kier alpha value is -3.04. The van der Waals surface area contributed by atoms with Gasteiger partial charge in [-0.15, -0.1) is 0 Å². The van der Waals surface area contributed by atoms with E-state index in [2.05, 4.69) is 28.2 Å². The molecule has 2 heterocycles. The van der Waals surface area contributed by atoms with Gasteiger partial charge in [0.05, 0.1) is 6.10 Å². The van der Waals surface area contributed by atoms with E-state index in [9.17, 15) is 14.7 Å². The van der Waals surface area contributed by atoms with E-state index in [4.69, 9.17) is 4.74 Å². The molecule has 2 saturated heterocycles. The van der Waals surface area contributed by atoms with Gasteiger partial charge < -0.3 is 20.1 Å². The minimum atomic E-state index is -3.71. The molecule has 2 N–H and O–H groups in total. The molecule has 2 bridgehead atoms. The first kappa shape index (κ1) is 30.0. The highest BCUT2D eigenvalue weighted by molar-refractivity contribution is 9.10. The number of halogens is 3. The first-order valence-corrected chi connectivity index (χ1v) is 16.0. The van der Waals surface area contributed by atoms with E-state index in [1.54, 1.807) is 23.1 Å². The molecule has 43 heavy (non-hydrogen) atoms. The standard InChI is InChI=1S/C34H37BrF2N2O4/c1-20-16-26-13-14-27(17-20)39(26)33(42)31(34(36,37)24-9-11-25(35)12-10-24)38-32(41)30(40)23-7-6-22-19-29(15-8-21(22)18-23)43-28-4-2-3-5-28/h6-12,15,18-20,26-28,30-31,40H,2-5,13-14,16-17H2,1H3,(H,38,41). The molecule has 6 nitrogen and oxygen atoms in total. The van der Waals surface area contributed by atoms with Gasteiger partial charge in [-0.1, -0.05) is 53.2 Å². The third-order valence-corrected chi connectivity index (χ3v) is 9.88. The highest BCUT2D eigenvalue weighted by Gasteiger charge is 2.53. The van der Waals surface area contributed by atoms with Gasteiger partial charge in [-0.2, -0.15) is 8.78 Å². The number of alkyl halides is 2. The van der Waals surface area contributed by atoms with Gasteiger partial charge in [-0.3, -0.25) is 9.59 Å². The van der Waals surface area contributed by atoms with E-state index in [0.29, 0.717) is 10.4 Å². The molecule has 3 aliphatic rings. The van der Waals surface area contributed by atoms with Crippen molar-refractivity contribution in [2.75, 3.05) is 0 Å². The molecule has 3 fully saturated rings. The lowest BCUT2D eigenvalue weighted by Gasteiger charge is -2.41. The van der Waals surface area contributed by atoms with Crippen molar-refractivity contribution in [2.45, 2.75) is 94.5 Å². The first-order chi connectivity index (χ1) is 20.6. The number of aliphatic hydroxyl groups excluding tert-OH is 1. The van der Waals surface area contributed by atoms with Crippen LogP contribution in [0.4, 0.5) is 8.78 Å². The Morgan fingerprint density at radius 2 is 1.58 bits per heavy atom. The number of piperidine rings is 1. The van der Waals surface area contributed by atoms with Crippen LogP contribution < -0.4 is 10.1 Å². The average molecular weight is 656 g/mol. The summed E-state index contributed by atoms with van der Waals surface area (Å²) < 4.78 is 39.0. The molecule has 3 aromatic carbocycles. The number of hydrogen-bond donors (Lipinski definition) is 2. The van der Waals surface area contributed by atoms with Crippen LogP contribution in [-0.2, 0) is 15.5 Å². The molecule has 0 radical (unpaired) electrons. The van der Waals surface area contributed by atoms with E-state index in [-0.39, 0.29) is 29.3 Å². The van der Waals surface area contributed by atoms with Crippen molar-refractivity contribution in [2.24, 2.45) is 5.92 Å². The van der Waals surface area contributed by atoms with Crippen LogP contribution in [0.25, 0.3) is 10.8 Å². The molecule has 1 aliphatic carbocycles. The normalized spacial score (nSPS) is 23.7. The molecule has 2 aliphatic heterocycles. The van der Waals surface area contributed by atoms with Crippen molar-refractivity contribution in [1.82, 2.24) is 10.2 Å². The Morgan fingerprint density at radius 1 is 0.953 bits per heavy atom. The summed E-state index contributed by atoms with van der Waals surface area (Å²) in [5, 5.41) is 15.0. The lowest BCUT2D eigenvalue weighted by atomic mass is 9.90. The minimum Gasteiger partial charge on any atom is -0.490 e. The SMILES string of the molecule is CC1CC2CCC(C1)N2C(=O)C(NC(=O)C(O)c1ccc2cc(OC3CCCC3)ccc2c1)C(F)(F)c1ccc(Br)cc1. The van der Waals surface area contributed by atoms with Gasteiger partial charge >= 0.3 is 5.92 Å². The third-order valence-electron chi connectivity index (χ3n) is 9.35. The molecule has 3 aromatic rings. The van der Waals surface area contributed by atoms with Gasteiger partial charge in [-0.05, 0) is 104 Å². The van der Waals surface area contributed by atoms with Crippen molar-refractivity contribution in [3.8, 4) is 5.75 Å². The van der Waals surface area contributed by atoms with Crippen LogP contribution in [0.5, 0.6) is 5.75 Å².